The number of benzene rings is 2. The molecule has 0 saturated carbocycles. The Labute approximate surface area is 165 Å². The van der Waals surface area contributed by atoms with Crippen LogP contribution in [0.3, 0.4) is 0 Å². The Hall–Kier alpha value is -2.77. The van der Waals surface area contributed by atoms with Gasteiger partial charge in [0.05, 0.1) is 10.4 Å². The first-order valence-electron chi connectivity index (χ1n) is 8.88. The first-order chi connectivity index (χ1) is 13.1. The molecule has 3 rings (SSSR count). The molecular weight excluding hydrogens is 374 g/mol. The molecule has 1 amide bonds. The molecule has 7 heteroatoms. The minimum absolute atomic E-state index is 0.131. The van der Waals surface area contributed by atoms with Crippen LogP contribution in [0.2, 0.25) is 0 Å². The van der Waals surface area contributed by atoms with Crippen LogP contribution in [-0.4, -0.2) is 19.3 Å². The average Bonchev–Trinajstić information content (AvgIpc) is 2.68. The molecule has 0 bridgehead atoms. The van der Waals surface area contributed by atoms with Gasteiger partial charge in [0.1, 0.15) is 5.69 Å². The molecule has 1 heterocycles. The maximum atomic E-state index is 12.9. The van der Waals surface area contributed by atoms with Crippen molar-refractivity contribution in [1.29, 1.82) is 0 Å². The highest BCUT2D eigenvalue weighted by Crippen LogP contribution is 2.29. The van der Waals surface area contributed by atoms with E-state index >= 15 is 0 Å². The van der Waals surface area contributed by atoms with E-state index in [4.69, 9.17) is 0 Å². The van der Waals surface area contributed by atoms with E-state index in [9.17, 15) is 13.2 Å². The maximum absolute atomic E-state index is 12.9. The number of hydrazine groups is 1. The number of nitrogens with zero attached hydrogens (tertiary/aromatic N) is 1. The van der Waals surface area contributed by atoms with Crippen molar-refractivity contribution in [3.05, 3.63) is 69.9 Å². The fourth-order valence-corrected chi connectivity index (χ4v) is 4.73. The number of amides is 1. The summed E-state index contributed by atoms with van der Waals surface area (Å²) in [6.07, 6.45) is 0. The zero-order chi connectivity index (χ0) is 20.6. The number of carbonyl (C=O) groups is 1. The minimum atomic E-state index is -3.94. The fraction of sp³-hybridized carbons (Fsp3) is 0.238. The molecule has 1 aromatic heterocycles. The van der Waals surface area contributed by atoms with Gasteiger partial charge in [0.15, 0.2) is 0 Å². The normalized spacial score (nSPS) is 11.6. The Morgan fingerprint density at radius 2 is 1.39 bits per heavy atom. The van der Waals surface area contributed by atoms with E-state index < -0.39 is 15.9 Å². The van der Waals surface area contributed by atoms with Gasteiger partial charge in [0, 0.05) is 5.39 Å². The van der Waals surface area contributed by atoms with E-state index in [0.29, 0.717) is 16.6 Å². The van der Waals surface area contributed by atoms with Gasteiger partial charge in [-0.25, -0.2) is 13.4 Å². The summed E-state index contributed by atoms with van der Waals surface area (Å²) >= 11 is 0. The van der Waals surface area contributed by atoms with Crippen LogP contribution in [0.25, 0.3) is 10.9 Å². The second kappa shape index (κ2) is 7.33. The number of para-hydroxylation sites is 1. The Morgan fingerprint density at radius 3 is 2.04 bits per heavy atom. The summed E-state index contributed by atoms with van der Waals surface area (Å²) in [6.45, 7) is 9.31. The smallest absolute Gasteiger partial charge is 0.272 e. The number of rotatable bonds is 4. The Kier molecular flexibility index (Phi) is 5.23. The molecule has 0 unspecified atom stereocenters. The average molecular weight is 398 g/mol. The molecule has 146 valence electrons. The largest absolute Gasteiger partial charge is 0.284 e. The number of nitrogens with one attached hydrogen (secondary N) is 2. The quantitative estimate of drug-likeness (QED) is 0.661. The van der Waals surface area contributed by atoms with Gasteiger partial charge in [-0.15, -0.1) is 4.83 Å². The van der Waals surface area contributed by atoms with Crippen LogP contribution in [0.5, 0.6) is 0 Å². The van der Waals surface area contributed by atoms with Crippen molar-refractivity contribution in [2.45, 2.75) is 39.5 Å². The molecule has 0 spiro atoms. The predicted octanol–water partition coefficient (Wildman–Crippen LogP) is 3.40. The van der Waals surface area contributed by atoms with Crippen molar-refractivity contribution < 1.29 is 13.2 Å². The van der Waals surface area contributed by atoms with Gasteiger partial charge in [-0.2, -0.15) is 0 Å². The zero-order valence-electron chi connectivity index (χ0n) is 16.5. The molecular formula is C21H23N3O3S. The SMILES string of the molecule is Cc1c(C)c(C)c(S(=O)(=O)NNC(=O)c2ccc3ccccc3n2)c(C)c1C. The van der Waals surface area contributed by atoms with Crippen molar-refractivity contribution in [1.82, 2.24) is 15.2 Å². The third-order valence-electron chi connectivity index (χ3n) is 5.33. The van der Waals surface area contributed by atoms with E-state index in [-0.39, 0.29) is 10.6 Å². The number of fused-ring (bicyclic) bond motifs is 1. The lowest BCUT2D eigenvalue weighted by Crippen LogP contribution is -2.42. The first-order valence-corrected chi connectivity index (χ1v) is 10.4. The Balaban J connectivity index is 1.88. The summed E-state index contributed by atoms with van der Waals surface area (Å²) in [5, 5.41) is 0.900. The molecule has 3 aromatic rings. The lowest BCUT2D eigenvalue weighted by molar-refractivity contribution is 0.0940. The molecule has 6 nitrogen and oxygen atoms in total. The maximum Gasteiger partial charge on any atom is 0.284 e. The third-order valence-corrected chi connectivity index (χ3v) is 6.85. The summed E-state index contributed by atoms with van der Waals surface area (Å²) in [4.78, 5) is 19.1. The fourth-order valence-electron chi connectivity index (χ4n) is 3.29. The number of aromatic nitrogens is 1. The second-order valence-corrected chi connectivity index (χ2v) is 8.52. The van der Waals surface area contributed by atoms with Crippen LogP contribution < -0.4 is 10.3 Å². The van der Waals surface area contributed by atoms with Crippen molar-refractivity contribution in [2.24, 2.45) is 0 Å². The zero-order valence-corrected chi connectivity index (χ0v) is 17.4. The topological polar surface area (TPSA) is 88.2 Å². The summed E-state index contributed by atoms with van der Waals surface area (Å²) in [6, 6.07) is 10.7. The van der Waals surface area contributed by atoms with Crippen molar-refractivity contribution >= 4 is 26.8 Å². The van der Waals surface area contributed by atoms with E-state index in [1.165, 1.54) is 0 Å². The second-order valence-electron chi connectivity index (χ2n) is 6.90. The molecule has 0 aliphatic rings. The number of pyridine rings is 1. The highest BCUT2D eigenvalue weighted by atomic mass is 32.2. The van der Waals surface area contributed by atoms with E-state index in [0.717, 1.165) is 22.1 Å². The molecule has 2 N–H and O–H groups in total. The van der Waals surface area contributed by atoms with Gasteiger partial charge in [0.2, 0.25) is 0 Å². The molecule has 0 aliphatic heterocycles. The lowest BCUT2D eigenvalue weighted by Gasteiger charge is -2.19. The van der Waals surface area contributed by atoms with Crippen LogP contribution in [0.4, 0.5) is 0 Å². The van der Waals surface area contributed by atoms with Crippen LogP contribution in [0.15, 0.2) is 41.3 Å². The minimum Gasteiger partial charge on any atom is -0.272 e. The summed E-state index contributed by atoms with van der Waals surface area (Å²) in [5.41, 5.74) is 7.32. The van der Waals surface area contributed by atoms with Gasteiger partial charge in [-0.1, -0.05) is 24.3 Å². The number of hydrogen-bond acceptors (Lipinski definition) is 4. The van der Waals surface area contributed by atoms with Crippen LogP contribution in [0, 0.1) is 34.6 Å². The van der Waals surface area contributed by atoms with Crippen LogP contribution in [-0.2, 0) is 10.0 Å². The van der Waals surface area contributed by atoms with Gasteiger partial charge in [0.25, 0.3) is 15.9 Å². The van der Waals surface area contributed by atoms with Gasteiger partial charge >= 0.3 is 0 Å². The summed E-state index contributed by atoms with van der Waals surface area (Å²) in [5.74, 6) is -0.620. The van der Waals surface area contributed by atoms with Gasteiger partial charge in [-0.05, 0) is 74.6 Å². The third kappa shape index (κ3) is 3.50. The van der Waals surface area contributed by atoms with E-state index in [2.05, 4.69) is 15.2 Å². The number of carbonyl (C=O) groups excluding carboxylic acids is 1. The first kappa shape index (κ1) is 20.0. The highest BCUT2D eigenvalue weighted by molar-refractivity contribution is 7.89. The summed E-state index contributed by atoms with van der Waals surface area (Å²) in [7, 11) is -3.94. The van der Waals surface area contributed by atoms with Crippen molar-refractivity contribution in [2.75, 3.05) is 0 Å². The van der Waals surface area contributed by atoms with Gasteiger partial charge in [-0.3, -0.25) is 10.2 Å². The number of sulfonamides is 1. The summed E-state index contributed by atoms with van der Waals surface area (Å²) < 4.78 is 25.8. The Bertz CT molecular complexity index is 1170. The number of hydrogen-bond donors (Lipinski definition) is 2. The van der Waals surface area contributed by atoms with Crippen LogP contribution in [0.1, 0.15) is 38.3 Å². The molecule has 2 aromatic carbocycles. The Morgan fingerprint density at radius 1 is 0.821 bits per heavy atom. The van der Waals surface area contributed by atoms with E-state index in [1.807, 2.05) is 39.0 Å². The van der Waals surface area contributed by atoms with Crippen LogP contribution >= 0.6 is 0 Å². The predicted molar refractivity (Wildman–Crippen MR) is 110 cm³/mol. The molecule has 0 aliphatic carbocycles. The standard InChI is InChI=1S/C21H23N3O3S/c1-12-13(2)15(4)20(16(5)14(12)3)28(26,27)24-23-21(25)19-11-10-17-8-6-7-9-18(17)22-19/h6-11,24H,1-5H3,(H,23,25). The molecule has 0 radical (unpaired) electrons. The van der Waals surface area contributed by atoms with E-state index in [1.54, 1.807) is 32.0 Å². The van der Waals surface area contributed by atoms with Crippen molar-refractivity contribution in [3.63, 3.8) is 0 Å². The molecule has 0 fully saturated rings. The van der Waals surface area contributed by atoms with Crippen molar-refractivity contribution in [3.8, 4) is 0 Å². The highest BCUT2D eigenvalue weighted by Gasteiger charge is 2.24. The monoisotopic (exact) mass is 397 g/mol. The van der Waals surface area contributed by atoms with Gasteiger partial charge < -0.3 is 0 Å². The molecule has 0 saturated heterocycles. The molecule has 28 heavy (non-hydrogen) atoms. The lowest BCUT2D eigenvalue weighted by atomic mass is 9.95. The molecule has 0 atom stereocenters.